The molecule has 1 fully saturated rings. The lowest BCUT2D eigenvalue weighted by Crippen LogP contribution is -2.54. The minimum absolute atomic E-state index is 0.157. The second kappa shape index (κ2) is 7.61. The zero-order valence-corrected chi connectivity index (χ0v) is 15.0. The largest absolute Gasteiger partial charge is 0.336 e. The molecule has 6 nitrogen and oxygen atoms in total. The Morgan fingerprint density at radius 3 is 2.22 bits per heavy atom. The number of nitrogens with zero attached hydrogens (tertiary/aromatic N) is 3. The molecule has 0 N–H and O–H groups in total. The second-order valence-electron chi connectivity index (χ2n) is 5.26. The summed E-state index contributed by atoms with van der Waals surface area (Å²) in [5, 5.41) is 0.413. The fraction of sp³-hybridized carbons (Fsp3) is 0.533. The first-order valence-corrected chi connectivity index (χ1v) is 9.48. The van der Waals surface area contributed by atoms with Crippen LogP contribution in [0, 0.1) is 0 Å². The summed E-state index contributed by atoms with van der Waals surface area (Å²) in [4.78, 5) is 14.1. The summed E-state index contributed by atoms with van der Waals surface area (Å²) in [6.45, 7) is 5.85. The highest BCUT2D eigenvalue weighted by Gasteiger charge is 2.32. The Hall–Kier alpha value is -1.15. The van der Waals surface area contributed by atoms with Crippen LogP contribution in [0.1, 0.15) is 24.2 Å². The van der Waals surface area contributed by atoms with Crippen molar-refractivity contribution < 1.29 is 13.2 Å². The van der Waals surface area contributed by atoms with Gasteiger partial charge in [-0.2, -0.15) is 17.0 Å². The second-order valence-corrected chi connectivity index (χ2v) is 7.60. The van der Waals surface area contributed by atoms with Gasteiger partial charge in [-0.05, 0) is 12.1 Å². The normalized spacial score (nSPS) is 16.8. The average molecular weight is 360 g/mol. The first-order valence-electron chi connectivity index (χ1n) is 7.70. The van der Waals surface area contributed by atoms with Crippen molar-refractivity contribution >= 4 is 27.7 Å². The third kappa shape index (κ3) is 3.85. The van der Waals surface area contributed by atoms with Gasteiger partial charge in [0.05, 0.1) is 10.6 Å². The molecule has 0 saturated carbocycles. The Balaban J connectivity index is 2.04. The van der Waals surface area contributed by atoms with Gasteiger partial charge in [0.2, 0.25) is 0 Å². The van der Waals surface area contributed by atoms with E-state index in [1.54, 1.807) is 29.2 Å². The zero-order valence-electron chi connectivity index (χ0n) is 13.4. The summed E-state index contributed by atoms with van der Waals surface area (Å²) in [7, 11) is -3.44. The van der Waals surface area contributed by atoms with Crippen LogP contribution in [-0.2, 0) is 10.2 Å². The van der Waals surface area contributed by atoms with Gasteiger partial charge in [-0.25, -0.2) is 0 Å². The molecule has 2 rings (SSSR count). The average Bonchev–Trinajstić information content (AvgIpc) is 2.55. The van der Waals surface area contributed by atoms with Gasteiger partial charge in [-0.15, -0.1) is 0 Å². The highest BCUT2D eigenvalue weighted by atomic mass is 35.5. The van der Waals surface area contributed by atoms with Gasteiger partial charge in [0.25, 0.3) is 16.1 Å². The number of halogens is 1. The van der Waals surface area contributed by atoms with Crippen molar-refractivity contribution in [1.82, 2.24) is 13.5 Å². The van der Waals surface area contributed by atoms with Crippen LogP contribution in [0.3, 0.4) is 0 Å². The van der Waals surface area contributed by atoms with Crippen molar-refractivity contribution in [2.24, 2.45) is 0 Å². The van der Waals surface area contributed by atoms with Gasteiger partial charge in [0, 0.05) is 39.3 Å². The van der Waals surface area contributed by atoms with Crippen molar-refractivity contribution in [3.8, 4) is 0 Å². The molecule has 0 unspecified atom stereocenters. The summed E-state index contributed by atoms with van der Waals surface area (Å²) < 4.78 is 27.8. The predicted molar refractivity (Wildman–Crippen MR) is 90.8 cm³/mol. The molecule has 1 heterocycles. The molecule has 0 atom stereocenters. The molecule has 0 radical (unpaired) electrons. The molecule has 1 aromatic rings. The number of carbonyl (C=O) groups excluding carboxylic acids is 1. The van der Waals surface area contributed by atoms with Crippen LogP contribution in [0.5, 0.6) is 0 Å². The van der Waals surface area contributed by atoms with E-state index in [0.717, 1.165) is 0 Å². The van der Waals surface area contributed by atoms with Crippen LogP contribution in [0.2, 0.25) is 5.02 Å². The molecule has 0 aliphatic carbocycles. The minimum Gasteiger partial charge on any atom is -0.336 e. The fourth-order valence-electron chi connectivity index (χ4n) is 2.64. The smallest absolute Gasteiger partial charge is 0.282 e. The maximum Gasteiger partial charge on any atom is 0.282 e. The Morgan fingerprint density at radius 2 is 1.70 bits per heavy atom. The molecule has 1 saturated heterocycles. The number of hydrogen-bond donors (Lipinski definition) is 0. The van der Waals surface area contributed by atoms with E-state index >= 15 is 0 Å². The SMILES string of the molecule is CCN(CC)S(=O)(=O)N1CCN(C(=O)c2ccccc2Cl)CC1. The first-order chi connectivity index (χ1) is 10.9. The zero-order chi connectivity index (χ0) is 17.0. The number of carbonyl (C=O) groups is 1. The van der Waals surface area contributed by atoms with Gasteiger partial charge in [0.15, 0.2) is 0 Å². The Bertz CT molecular complexity index is 654. The van der Waals surface area contributed by atoms with E-state index in [9.17, 15) is 13.2 Å². The van der Waals surface area contributed by atoms with Gasteiger partial charge in [0.1, 0.15) is 0 Å². The van der Waals surface area contributed by atoms with Crippen LogP contribution in [0.4, 0.5) is 0 Å². The molecular weight excluding hydrogens is 338 g/mol. The van der Waals surface area contributed by atoms with Crippen molar-refractivity contribution in [3.05, 3.63) is 34.9 Å². The standard InChI is InChI=1S/C15H22ClN3O3S/c1-3-18(4-2)23(21,22)19-11-9-17(10-12-19)15(20)13-7-5-6-8-14(13)16/h5-8H,3-4,9-12H2,1-2H3. The first kappa shape index (κ1) is 18.2. The minimum atomic E-state index is -3.44. The van der Waals surface area contributed by atoms with E-state index in [-0.39, 0.29) is 5.91 Å². The van der Waals surface area contributed by atoms with E-state index < -0.39 is 10.2 Å². The maximum atomic E-state index is 12.5. The third-order valence-corrected chi connectivity index (χ3v) is 6.50. The van der Waals surface area contributed by atoms with E-state index in [1.165, 1.54) is 8.61 Å². The van der Waals surface area contributed by atoms with Crippen molar-refractivity contribution in [1.29, 1.82) is 0 Å². The van der Waals surface area contributed by atoms with E-state index in [0.29, 0.717) is 49.9 Å². The van der Waals surface area contributed by atoms with Gasteiger partial charge >= 0.3 is 0 Å². The highest BCUT2D eigenvalue weighted by molar-refractivity contribution is 7.86. The lowest BCUT2D eigenvalue weighted by molar-refractivity contribution is 0.0694. The summed E-state index contributed by atoms with van der Waals surface area (Å²) in [5.41, 5.74) is 0.453. The topological polar surface area (TPSA) is 60.9 Å². The molecular formula is C15H22ClN3O3S. The molecule has 0 aromatic heterocycles. The number of piperazine rings is 1. The molecule has 23 heavy (non-hydrogen) atoms. The number of hydrogen-bond acceptors (Lipinski definition) is 3. The molecule has 1 aromatic carbocycles. The van der Waals surface area contributed by atoms with Crippen molar-refractivity contribution in [2.45, 2.75) is 13.8 Å². The van der Waals surface area contributed by atoms with Crippen LogP contribution >= 0.6 is 11.6 Å². The lowest BCUT2D eigenvalue weighted by Gasteiger charge is -2.36. The molecule has 1 aliphatic heterocycles. The van der Waals surface area contributed by atoms with Gasteiger partial charge < -0.3 is 4.90 Å². The lowest BCUT2D eigenvalue weighted by atomic mass is 10.2. The van der Waals surface area contributed by atoms with E-state index in [1.807, 2.05) is 13.8 Å². The van der Waals surface area contributed by atoms with Crippen LogP contribution in [0.25, 0.3) is 0 Å². The molecule has 0 spiro atoms. The summed E-state index contributed by atoms with van der Waals surface area (Å²) in [5.74, 6) is -0.157. The predicted octanol–water partition coefficient (Wildman–Crippen LogP) is 1.68. The van der Waals surface area contributed by atoms with E-state index in [4.69, 9.17) is 11.6 Å². The van der Waals surface area contributed by atoms with Crippen molar-refractivity contribution in [2.75, 3.05) is 39.3 Å². The maximum absolute atomic E-state index is 12.5. The van der Waals surface area contributed by atoms with E-state index in [2.05, 4.69) is 0 Å². The van der Waals surface area contributed by atoms with Crippen LogP contribution < -0.4 is 0 Å². The fourth-order valence-corrected chi connectivity index (χ4v) is 4.46. The molecule has 128 valence electrons. The molecule has 0 bridgehead atoms. The monoisotopic (exact) mass is 359 g/mol. The number of benzene rings is 1. The Labute approximate surface area is 142 Å². The molecule has 1 amide bonds. The number of rotatable bonds is 5. The highest BCUT2D eigenvalue weighted by Crippen LogP contribution is 2.19. The van der Waals surface area contributed by atoms with Crippen molar-refractivity contribution in [3.63, 3.8) is 0 Å². The summed E-state index contributed by atoms with van der Waals surface area (Å²) in [6, 6.07) is 6.90. The molecule has 1 aliphatic rings. The van der Waals surface area contributed by atoms with Crippen LogP contribution in [-0.4, -0.2) is 67.1 Å². The third-order valence-electron chi connectivity index (χ3n) is 3.99. The van der Waals surface area contributed by atoms with Crippen LogP contribution in [0.15, 0.2) is 24.3 Å². The Morgan fingerprint density at radius 1 is 1.13 bits per heavy atom. The quantitative estimate of drug-likeness (QED) is 0.803. The van der Waals surface area contributed by atoms with Gasteiger partial charge in [-0.3, -0.25) is 4.79 Å². The summed E-state index contributed by atoms with van der Waals surface area (Å²) >= 11 is 6.06. The number of amides is 1. The molecule has 8 heteroatoms. The van der Waals surface area contributed by atoms with Gasteiger partial charge in [-0.1, -0.05) is 37.6 Å². The summed E-state index contributed by atoms with van der Waals surface area (Å²) in [6.07, 6.45) is 0. The Kier molecular flexibility index (Phi) is 6.02.